The minimum atomic E-state index is -4.71. The molecule has 6 rings (SSSR count). The van der Waals surface area contributed by atoms with Gasteiger partial charge in [-0.05, 0) is 36.4 Å². The normalized spacial score (nSPS) is 15.3. The van der Waals surface area contributed by atoms with Crippen molar-refractivity contribution < 1.29 is 32.0 Å². The van der Waals surface area contributed by atoms with E-state index >= 15 is 0 Å². The Labute approximate surface area is 206 Å². The quantitative estimate of drug-likeness (QED) is 0.438. The summed E-state index contributed by atoms with van der Waals surface area (Å²) < 4.78 is 53.0. The molecule has 0 unspecified atom stereocenters. The molecule has 2 aliphatic rings. The van der Waals surface area contributed by atoms with Gasteiger partial charge in [0.25, 0.3) is 5.91 Å². The molecule has 0 bridgehead atoms. The van der Waals surface area contributed by atoms with Gasteiger partial charge in [0.2, 0.25) is 12.6 Å². The zero-order valence-corrected chi connectivity index (χ0v) is 19.0. The minimum absolute atomic E-state index is 0.167. The minimum Gasteiger partial charge on any atom is -0.454 e. The lowest BCUT2D eigenvalue weighted by atomic mass is 10.1. The van der Waals surface area contributed by atoms with Gasteiger partial charge in [-0.1, -0.05) is 5.16 Å². The molecule has 11 nitrogen and oxygen atoms in total. The number of nitrogens with zero attached hydrogens (tertiary/aromatic N) is 6. The van der Waals surface area contributed by atoms with Gasteiger partial charge in [-0.2, -0.15) is 23.3 Å². The van der Waals surface area contributed by atoms with Crippen molar-refractivity contribution in [3.63, 3.8) is 0 Å². The maximum atomic E-state index is 13.0. The number of nitrogens with one attached hydrogen (secondary N) is 1. The first-order chi connectivity index (χ1) is 17.8. The molecule has 4 aromatic rings. The number of aromatic nitrogens is 5. The Bertz CT molecular complexity index is 1440. The Balaban J connectivity index is 1.08. The first-order valence-electron chi connectivity index (χ1n) is 11.2. The number of ether oxygens (including phenoxy) is 2. The first kappa shape index (κ1) is 22.8. The van der Waals surface area contributed by atoms with Crippen molar-refractivity contribution >= 4 is 11.7 Å². The van der Waals surface area contributed by atoms with Gasteiger partial charge in [0, 0.05) is 43.5 Å². The maximum absolute atomic E-state index is 13.0. The van der Waals surface area contributed by atoms with Crippen molar-refractivity contribution in [3.8, 4) is 34.1 Å². The summed E-state index contributed by atoms with van der Waals surface area (Å²) in [6, 6.07) is 10.4. The molecular weight excluding hydrogens is 495 g/mol. The number of halogens is 3. The van der Waals surface area contributed by atoms with Crippen LogP contribution in [-0.4, -0.2) is 69.1 Å². The highest BCUT2D eigenvalue weighted by Gasteiger charge is 2.38. The van der Waals surface area contributed by atoms with Crippen LogP contribution in [0.15, 0.2) is 47.1 Å². The lowest BCUT2D eigenvalue weighted by molar-refractivity contribution is -0.159. The van der Waals surface area contributed by atoms with Crippen molar-refractivity contribution in [2.45, 2.75) is 6.18 Å². The summed E-state index contributed by atoms with van der Waals surface area (Å²) in [7, 11) is 0. The van der Waals surface area contributed by atoms with Crippen LogP contribution >= 0.6 is 0 Å². The molecule has 37 heavy (non-hydrogen) atoms. The molecule has 0 saturated carbocycles. The van der Waals surface area contributed by atoms with Crippen LogP contribution < -0.4 is 14.4 Å². The van der Waals surface area contributed by atoms with Crippen molar-refractivity contribution in [1.82, 2.24) is 30.2 Å². The van der Waals surface area contributed by atoms with E-state index in [9.17, 15) is 18.0 Å². The number of alkyl halides is 3. The van der Waals surface area contributed by atoms with E-state index in [-0.39, 0.29) is 18.5 Å². The molecule has 14 heteroatoms. The molecule has 0 radical (unpaired) electrons. The van der Waals surface area contributed by atoms with Crippen molar-refractivity contribution in [2.24, 2.45) is 0 Å². The topological polar surface area (TPSA) is 122 Å². The molecule has 0 aliphatic carbocycles. The van der Waals surface area contributed by atoms with Gasteiger partial charge in [0.15, 0.2) is 11.5 Å². The highest BCUT2D eigenvalue weighted by atomic mass is 19.4. The average molecular weight is 513 g/mol. The van der Waals surface area contributed by atoms with Gasteiger partial charge in [-0.15, -0.1) is 0 Å². The van der Waals surface area contributed by atoms with E-state index in [1.54, 1.807) is 29.2 Å². The SMILES string of the molecule is O=C(c1cc(-c2ccc3c(c2)OCO3)n[nH]1)N1CCN(c2ccc(-c3noc(C(F)(F)F)n3)cn2)CC1. The smallest absolute Gasteiger partial charge is 0.454 e. The van der Waals surface area contributed by atoms with Crippen LogP contribution in [0, 0.1) is 0 Å². The molecular formula is C23H18F3N7O4. The molecule has 5 heterocycles. The molecule has 1 aromatic carbocycles. The third-order valence-electron chi connectivity index (χ3n) is 6.04. The predicted octanol–water partition coefficient (Wildman–Crippen LogP) is 3.23. The van der Waals surface area contributed by atoms with Crippen LogP contribution in [0.2, 0.25) is 0 Å². The van der Waals surface area contributed by atoms with E-state index in [4.69, 9.17) is 9.47 Å². The van der Waals surface area contributed by atoms with Crippen molar-refractivity contribution in [1.29, 1.82) is 0 Å². The number of fused-ring (bicyclic) bond motifs is 1. The fourth-order valence-corrected chi connectivity index (χ4v) is 4.11. The molecule has 2 aliphatic heterocycles. The van der Waals surface area contributed by atoms with Gasteiger partial charge in [0.1, 0.15) is 11.5 Å². The van der Waals surface area contributed by atoms with Crippen LogP contribution in [0.1, 0.15) is 16.4 Å². The van der Waals surface area contributed by atoms with E-state index in [1.807, 2.05) is 17.0 Å². The van der Waals surface area contributed by atoms with E-state index in [1.165, 1.54) is 6.20 Å². The largest absolute Gasteiger partial charge is 0.471 e. The zero-order chi connectivity index (χ0) is 25.6. The van der Waals surface area contributed by atoms with Crippen molar-refractivity contribution in [3.05, 3.63) is 54.2 Å². The van der Waals surface area contributed by atoms with Crippen LogP contribution in [0.5, 0.6) is 11.5 Å². The maximum Gasteiger partial charge on any atom is 0.471 e. The Morgan fingerprint density at radius 1 is 0.973 bits per heavy atom. The lowest BCUT2D eigenvalue weighted by Crippen LogP contribution is -2.49. The first-order valence-corrected chi connectivity index (χ1v) is 11.2. The van der Waals surface area contributed by atoms with E-state index < -0.39 is 12.1 Å². The summed E-state index contributed by atoms with van der Waals surface area (Å²) in [5.74, 6) is 0.161. The van der Waals surface area contributed by atoms with Gasteiger partial charge >= 0.3 is 12.1 Å². The third kappa shape index (κ3) is 4.41. The van der Waals surface area contributed by atoms with Crippen LogP contribution in [-0.2, 0) is 6.18 Å². The number of amides is 1. The second-order valence-electron chi connectivity index (χ2n) is 8.34. The number of piperazine rings is 1. The molecule has 1 N–H and O–H groups in total. The van der Waals surface area contributed by atoms with Crippen molar-refractivity contribution in [2.75, 3.05) is 37.9 Å². The summed E-state index contributed by atoms with van der Waals surface area (Å²) in [4.78, 5) is 24.4. The van der Waals surface area contributed by atoms with Crippen LogP contribution in [0.3, 0.4) is 0 Å². The summed E-state index contributed by atoms with van der Waals surface area (Å²) in [6.07, 6.45) is -3.32. The standard InChI is InChI=1S/C23H18F3N7O4/c24-23(25,26)22-28-20(31-37-22)14-2-4-19(27-11-14)32-5-7-33(8-6-32)21(34)16-10-15(29-30-16)13-1-3-17-18(9-13)36-12-35-17/h1-4,9-11H,5-8,12H2,(H,29,30). The molecule has 0 atom stereocenters. The fourth-order valence-electron chi connectivity index (χ4n) is 4.11. The summed E-state index contributed by atoms with van der Waals surface area (Å²) in [6.45, 7) is 2.15. The molecule has 3 aromatic heterocycles. The summed E-state index contributed by atoms with van der Waals surface area (Å²) in [5, 5.41) is 10.5. The fraction of sp³-hybridized carbons (Fsp3) is 0.261. The van der Waals surface area contributed by atoms with Gasteiger partial charge in [0.05, 0.1) is 5.69 Å². The molecule has 1 saturated heterocycles. The number of carbonyl (C=O) groups is 1. The summed E-state index contributed by atoms with van der Waals surface area (Å²) >= 11 is 0. The van der Waals surface area contributed by atoms with E-state index in [2.05, 4.69) is 29.8 Å². The number of pyridine rings is 1. The number of hydrogen-bond acceptors (Lipinski definition) is 9. The average Bonchev–Trinajstić information content (AvgIpc) is 3.68. The van der Waals surface area contributed by atoms with E-state index in [0.717, 1.165) is 5.56 Å². The molecule has 0 spiro atoms. The highest BCUT2D eigenvalue weighted by Crippen LogP contribution is 2.35. The van der Waals surface area contributed by atoms with Gasteiger partial charge < -0.3 is 23.8 Å². The lowest BCUT2D eigenvalue weighted by Gasteiger charge is -2.35. The number of aromatic amines is 1. The predicted molar refractivity (Wildman–Crippen MR) is 121 cm³/mol. The van der Waals surface area contributed by atoms with E-state index in [0.29, 0.717) is 60.4 Å². The van der Waals surface area contributed by atoms with Crippen LogP contribution in [0.4, 0.5) is 19.0 Å². The Kier molecular flexibility index (Phi) is 5.43. The Morgan fingerprint density at radius 2 is 1.76 bits per heavy atom. The number of hydrogen-bond donors (Lipinski definition) is 1. The number of H-pyrrole nitrogens is 1. The number of rotatable bonds is 4. The number of carbonyl (C=O) groups excluding carboxylic acids is 1. The zero-order valence-electron chi connectivity index (χ0n) is 19.0. The second-order valence-corrected chi connectivity index (χ2v) is 8.34. The Hall–Kier alpha value is -4.62. The van der Waals surface area contributed by atoms with Gasteiger partial charge in [-0.25, -0.2) is 4.98 Å². The molecule has 1 fully saturated rings. The number of benzene rings is 1. The molecule has 1 amide bonds. The second kappa shape index (κ2) is 8.80. The molecule has 190 valence electrons. The summed E-state index contributed by atoms with van der Waals surface area (Å²) in [5.41, 5.74) is 2.10. The van der Waals surface area contributed by atoms with Gasteiger partial charge in [-0.3, -0.25) is 9.89 Å². The third-order valence-corrected chi connectivity index (χ3v) is 6.04. The highest BCUT2D eigenvalue weighted by molar-refractivity contribution is 5.93. The monoisotopic (exact) mass is 513 g/mol. The number of anilines is 1. The Morgan fingerprint density at radius 3 is 2.49 bits per heavy atom. The van der Waals surface area contributed by atoms with Crippen LogP contribution in [0.25, 0.3) is 22.6 Å².